The number of aromatic nitrogens is 1. The average molecular weight is 219 g/mol. The van der Waals surface area contributed by atoms with Gasteiger partial charge in [-0.05, 0) is 26.2 Å². The van der Waals surface area contributed by atoms with E-state index < -0.39 is 0 Å². The van der Waals surface area contributed by atoms with Crippen LogP contribution in [0.3, 0.4) is 0 Å². The maximum absolute atomic E-state index is 11.8. The van der Waals surface area contributed by atoms with Crippen LogP contribution in [0.2, 0.25) is 0 Å². The quantitative estimate of drug-likeness (QED) is 0.443. The zero-order valence-corrected chi connectivity index (χ0v) is 9.66. The van der Waals surface area contributed by atoms with Gasteiger partial charge in [-0.1, -0.05) is 12.7 Å². The third-order valence-corrected chi connectivity index (χ3v) is 2.99. The van der Waals surface area contributed by atoms with E-state index in [9.17, 15) is 5.21 Å². The Hall–Kier alpha value is -1.51. The molecule has 0 aliphatic heterocycles. The van der Waals surface area contributed by atoms with E-state index in [-0.39, 0.29) is 0 Å². The predicted octanol–water partition coefficient (Wildman–Crippen LogP) is 2.07. The molecule has 16 heavy (non-hydrogen) atoms. The van der Waals surface area contributed by atoms with Crippen LogP contribution >= 0.6 is 0 Å². The molecule has 1 aromatic heterocycles. The Balaban J connectivity index is 2.45. The molecule has 0 fully saturated rings. The van der Waals surface area contributed by atoms with Crippen LogP contribution in [0.5, 0.6) is 5.75 Å². The van der Waals surface area contributed by atoms with Crippen LogP contribution in [0.1, 0.15) is 29.7 Å². The summed E-state index contributed by atoms with van der Waals surface area (Å²) in [6, 6.07) is 0. The first-order valence-corrected chi connectivity index (χ1v) is 5.72. The molecule has 0 amide bonds. The van der Waals surface area contributed by atoms with Gasteiger partial charge in [-0.3, -0.25) is 0 Å². The molecular weight excluding hydrogens is 202 g/mol. The van der Waals surface area contributed by atoms with Crippen LogP contribution in [0.4, 0.5) is 0 Å². The largest absolute Gasteiger partial charge is 0.618 e. The third-order valence-electron chi connectivity index (χ3n) is 2.99. The molecule has 0 spiro atoms. The molecule has 1 aliphatic rings. The Morgan fingerprint density at radius 1 is 1.50 bits per heavy atom. The van der Waals surface area contributed by atoms with E-state index in [1.165, 1.54) is 0 Å². The fourth-order valence-electron chi connectivity index (χ4n) is 2.27. The van der Waals surface area contributed by atoms with Crippen LogP contribution in [-0.4, -0.2) is 6.61 Å². The van der Waals surface area contributed by atoms with Crippen molar-refractivity contribution in [3.8, 4) is 5.75 Å². The number of fused-ring (bicyclic) bond motifs is 1. The number of hydrogen-bond donors (Lipinski definition) is 0. The van der Waals surface area contributed by atoms with Crippen molar-refractivity contribution in [1.29, 1.82) is 0 Å². The molecular formula is C13H17NO2. The first kappa shape index (κ1) is 11.0. The van der Waals surface area contributed by atoms with Crippen LogP contribution in [0.15, 0.2) is 18.9 Å². The lowest BCUT2D eigenvalue weighted by molar-refractivity contribution is -0.615. The normalized spacial score (nSPS) is 14.3. The molecule has 86 valence electrons. The molecule has 0 bridgehead atoms. The van der Waals surface area contributed by atoms with E-state index in [4.69, 9.17) is 4.74 Å². The third kappa shape index (κ3) is 1.90. The summed E-state index contributed by atoms with van der Waals surface area (Å²) >= 11 is 0. The van der Waals surface area contributed by atoms with Crippen molar-refractivity contribution in [2.75, 3.05) is 6.61 Å². The fraction of sp³-hybridized carbons (Fsp3) is 0.462. The molecule has 3 heteroatoms. The summed E-state index contributed by atoms with van der Waals surface area (Å²) in [7, 11) is 0. The van der Waals surface area contributed by atoms with E-state index in [1.54, 1.807) is 12.3 Å². The Kier molecular flexibility index (Phi) is 3.13. The molecule has 0 saturated heterocycles. The SMILES string of the molecule is C=CCOc1c(C)c[n+]([O-])c2c1CCCC2. The Bertz CT molecular complexity index is 413. The van der Waals surface area contributed by atoms with Crippen molar-refractivity contribution in [3.63, 3.8) is 0 Å². The van der Waals surface area contributed by atoms with Gasteiger partial charge in [0, 0.05) is 6.42 Å². The molecule has 1 aliphatic carbocycles. The lowest BCUT2D eigenvalue weighted by atomic mass is 9.94. The van der Waals surface area contributed by atoms with Gasteiger partial charge in [-0.25, -0.2) is 0 Å². The van der Waals surface area contributed by atoms with Crippen molar-refractivity contribution >= 4 is 0 Å². The van der Waals surface area contributed by atoms with Crippen molar-refractivity contribution in [3.05, 3.63) is 40.9 Å². The van der Waals surface area contributed by atoms with Crippen molar-refractivity contribution in [2.24, 2.45) is 0 Å². The minimum Gasteiger partial charge on any atom is -0.618 e. The van der Waals surface area contributed by atoms with Gasteiger partial charge in [0.2, 0.25) is 0 Å². The van der Waals surface area contributed by atoms with Gasteiger partial charge in [-0.15, -0.1) is 0 Å². The highest BCUT2D eigenvalue weighted by Gasteiger charge is 2.23. The number of ether oxygens (including phenoxy) is 1. The average Bonchev–Trinajstić information content (AvgIpc) is 2.29. The second-order valence-corrected chi connectivity index (χ2v) is 4.20. The molecule has 0 unspecified atom stereocenters. The Morgan fingerprint density at radius 3 is 3.00 bits per heavy atom. The van der Waals surface area contributed by atoms with Crippen molar-refractivity contribution in [2.45, 2.75) is 32.6 Å². The summed E-state index contributed by atoms with van der Waals surface area (Å²) < 4.78 is 6.67. The number of hydrogen-bond acceptors (Lipinski definition) is 2. The zero-order valence-electron chi connectivity index (χ0n) is 9.66. The van der Waals surface area contributed by atoms with Crippen molar-refractivity contribution < 1.29 is 9.47 Å². The first-order chi connectivity index (χ1) is 7.74. The summed E-state index contributed by atoms with van der Waals surface area (Å²) in [5.74, 6) is 0.890. The molecule has 0 aromatic carbocycles. The number of aryl methyl sites for hydroxylation is 1. The maximum Gasteiger partial charge on any atom is 0.199 e. The number of rotatable bonds is 3. The summed E-state index contributed by atoms with van der Waals surface area (Å²) in [6.45, 7) is 6.06. The summed E-state index contributed by atoms with van der Waals surface area (Å²) in [5, 5.41) is 11.8. The lowest BCUT2D eigenvalue weighted by Gasteiger charge is -2.19. The summed E-state index contributed by atoms with van der Waals surface area (Å²) in [5.41, 5.74) is 2.90. The molecule has 1 aromatic rings. The van der Waals surface area contributed by atoms with E-state index >= 15 is 0 Å². The number of nitrogens with zero attached hydrogens (tertiary/aromatic N) is 1. The van der Waals surface area contributed by atoms with Gasteiger partial charge in [0.1, 0.15) is 12.4 Å². The van der Waals surface area contributed by atoms with Gasteiger partial charge >= 0.3 is 0 Å². The topological polar surface area (TPSA) is 36.2 Å². The van der Waals surface area contributed by atoms with Crippen molar-refractivity contribution in [1.82, 2.24) is 0 Å². The Labute approximate surface area is 95.9 Å². The molecule has 3 nitrogen and oxygen atoms in total. The zero-order chi connectivity index (χ0) is 11.5. The van der Waals surface area contributed by atoms with Crippen LogP contribution in [-0.2, 0) is 12.8 Å². The highest BCUT2D eigenvalue weighted by molar-refractivity contribution is 5.41. The van der Waals surface area contributed by atoms with Gasteiger partial charge in [0.15, 0.2) is 11.9 Å². The highest BCUT2D eigenvalue weighted by Crippen LogP contribution is 2.30. The maximum atomic E-state index is 11.8. The predicted molar refractivity (Wildman–Crippen MR) is 62.5 cm³/mol. The second kappa shape index (κ2) is 4.56. The van der Waals surface area contributed by atoms with Gasteiger partial charge in [-0.2, -0.15) is 4.73 Å². The van der Waals surface area contributed by atoms with Crippen LogP contribution in [0, 0.1) is 12.1 Å². The molecule has 0 N–H and O–H groups in total. The fourth-order valence-corrected chi connectivity index (χ4v) is 2.27. The standard InChI is InChI=1S/C13H17NO2/c1-3-8-16-13-10(2)9-14(15)12-7-5-4-6-11(12)13/h3,9H,1,4-8H2,2H3. The molecule has 0 radical (unpaired) electrons. The van der Waals surface area contributed by atoms with E-state index in [2.05, 4.69) is 6.58 Å². The van der Waals surface area contributed by atoms with Crippen LogP contribution < -0.4 is 9.47 Å². The van der Waals surface area contributed by atoms with Crippen LogP contribution in [0.25, 0.3) is 0 Å². The monoisotopic (exact) mass is 219 g/mol. The van der Waals surface area contributed by atoms with Gasteiger partial charge in [0.05, 0.1) is 11.1 Å². The lowest BCUT2D eigenvalue weighted by Crippen LogP contribution is -2.35. The van der Waals surface area contributed by atoms with E-state index in [0.717, 1.165) is 53.0 Å². The minimum absolute atomic E-state index is 0.496. The second-order valence-electron chi connectivity index (χ2n) is 4.20. The van der Waals surface area contributed by atoms with Gasteiger partial charge in [0.25, 0.3) is 0 Å². The number of pyridine rings is 1. The highest BCUT2D eigenvalue weighted by atomic mass is 16.5. The summed E-state index contributed by atoms with van der Waals surface area (Å²) in [6.07, 6.45) is 7.39. The van der Waals surface area contributed by atoms with Gasteiger partial charge < -0.3 is 9.94 Å². The smallest absolute Gasteiger partial charge is 0.199 e. The first-order valence-electron chi connectivity index (χ1n) is 5.72. The van der Waals surface area contributed by atoms with E-state index in [1.807, 2.05) is 6.92 Å². The molecule has 2 rings (SSSR count). The molecule has 0 saturated carbocycles. The summed E-state index contributed by atoms with van der Waals surface area (Å²) in [4.78, 5) is 0. The van der Waals surface area contributed by atoms with E-state index in [0.29, 0.717) is 6.61 Å². The Morgan fingerprint density at radius 2 is 2.25 bits per heavy atom. The minimum atomic E-state index is 0.496. The molecule has 0 atom stereocenters. The molecule has 1 heterocycles.